The Bertz CT molecular complexity index is 147. The number of aliphatic imine (C=N–C) groups is 1. The normalized spacial score (nSPS) is 11.3. The second-order valence-corrected chi connectivity index (χ2v) is 2.09. The topological polar surface area (TPSA) is 21.6 Å². The maximum Gasteiger partial charge on any atom is 0.196 e. The third-order valence-electron chi connectivity index (χ3n) is 0.917. The Morgan fingerprint density at radius 1 is 1.50 bits per heavy atom. The smallest absolute Gasteiger partial charge is 0.196 e. The van der Waals surface area contributed by atoms with Crippen LogP contribution in [0.1, 0.15) is 13.8 Å². The third-order valence-corrected chi connectivity index (χ3v) is 0.917. The standard InChI is InChI=1S/C8H13NO/c1-5-9-8(7(3)4)10-6-2/h5-7H,1-2H2,3-4H3. The van der Waals surface area contributed by atoms with Crippen molar-refractivity contribution in [2.75, 3.05) is 0 Å². The summed E-state index contributed by atoms with van der Waals surface area (Å²) in [7, 11) is 0. The molecule has 0 aromatic heterocycles. The lowest BCUT2D eigenvalue weighted by molar-refractivity contribution is 0.438. The SMILES string of the molecule is C=CN=C(OC=C)C(C)C. The summed E-state index contributed by atoms with van der Waals surface area (Å²) in [4.78, 5) is 3.90. The molecule has 0 atom stereocenters. The first-order chi connectivity index (χ1) is 4.72. The van der Waals surface area contributed by atoms with Gasteiger partial charge in [0, 0.05) is 12.1 Å². The fraction of sp³-hybridized carbons (Fsp3) is 0.375. The fourth-order valence-electron chi connectivity index (χ4n) is 0.491. The Kier molecular flexibility index (Phi) is 4.29. The van der Waals surface area contributed by atoms with Gasteiger partial charge in [-0.05, 0) is 0 Å². The van der Waals surface area contributed by atoms with Crippen LogP contribution in [0.2, 0.25) is 0 Å². The molecule has 0 aliphatic rings. The van der Waals surface area contributed by atoms with Crippen LogP contribution in [0, 0.1) is 5.92 Å². The largest absolute Gasteiger partial charge is 0.451 e. The van der Waals surface area contributed by atoms with Crippen LogP contribution in [0.25, 0.3) is 0 Å². The highest BCUT2D eigenvalue weighted by molar-refractivity contribution is 5.79. The van der Waals surface area contributed by atoms with Crippen molar-refractivity contribution in [3.63, 3.8) is 0 Å². The quantitative estimate of drug-likeness (QED) is 0.334. The molecule has 0 radical (unpaired) electrons. The second kappa shape index (κ2) is 4.79. The Balaban J connectivity index is 4.09. The van der Waals surface area contributed by atoms with Crippen molar-refractivity contribution < 1.29 is 4.74 Å². The zero-order valence-corrected chi connectivity index (χ0v) is 6.50. The van der Waals surface area contributed by atoms with Gasteiger partial charge in [-0.2, -0.15) is 0 Å². The fourth-order valence-corrected chi connectivity index (χ4v) is 0.491. The molecule has 0 aliphatic carbocycles. The summed E-state index contributed by atoms with van der Waals surface area (Å²) in [6.07, 6.45) is 2.82. The zero-order valence-electron chi connectivity index (χ0n) is 6.50. The maximum absolute atomic E-state index is 4.99. The molecule has 0 N–H and O–H groups in total. The van der Waals surface area contributed by atoms with E-state index in [1.54, 1.807) is 0 Å². The van der Waals surface area contributed by atoms with E-state index in [9.17, 15) is 0 Å². The molecule has 0 aromatic carbocycles. The van der Waals surface area contributed by atoms with Gasteiger partial charge in [-0.25, -0.2) is 4.99 Å². The van der Waals surface area contributed by atoms with E-state index in [1.807, 2.05) is 13.8 Å². The van der Waals surface area contributed by atoms with E-state index in [4.69, 9.17) is 4.74 Å². The van der Waals surface area contributed by atoms with Crippen LogP contribution in [0.4, 0.5) is 0 Å². The van der Waals surface area contributed by atoms with E-state index in [0.29, 0.717) is 5.90 Å². The number of rotatable bonds is 3. The van der Waals surface area contributed by atoms with Crippen molar-refractivity contribution in [2.45, 2.75) is 13.8 Å². The van der Waals surface area contributed by atoms with Gasteiger partial charge in [0.05, 0.1) is 6.26 Å². The lowest BCUT2D eigenvalue weighted by Gasteiger charge is -2.05. The van der Waals surface area contributed by atoms with Crippen molar-refractivity contribution in [1.82, 2.24) is 0 Å². The highest BCUT2D eigenvalue weighted by Gasteiger charge is 2.02. The highest BCUT2D eigenvalue weighted by Crippen LogP contribution is 1.99. The van der Waals surface area contributed by atoms with E-state index in [2.05, 4.69) is 18.2 Å². The van der Waals surface area contributed by atoms with Crippen molar-refractivity contribution in [3.05, 3.63) is 25.6 Å². The average Bonchev–Trinajstić information content (AvgIpc) is 1.87. The van der Waals surface area contributed by atoms with Crippen LogP contribution in [0.3, 0.4) is 0 Å². The molecule has 0 saturated carbocycles. The highest BCUT2D eigenvalue weighted by atomic mass is 16.5. The van der Waals surface area contributed by atoms with Gasteiger partial charge in [0.15, 0.2) is 5.90 Å². The summed E-state index contributed by atoms with van der Waals surface area (Å²) >= 11 is 0. The Labute approximate surface area is 61.9 Å². The molecule has 2 heteroatoms. The summed E-state index contributed by atoms with van der Waals surface area (Å²) in [5.41, 5.74) is 0. The van der Waals surface area contributed by atoms with Crippen molar-refractivity contribution in [3.8, 4) is 0 Å². The minimum absolute atomic E-state index is 0.274. The lowest BCUT2D eigenvalue weighted by atomic mass is 10.2. The van der Waals surface area contributed by atoms with Gasteiger partial charge in [0.2, 0.25) is 0 Å². The van der Waals surface area contributed by atoms with Crippen molar-refractivity contribution in [2.24, 2.45) is 10.9 Å². The summed E-state index contributed by atoms with van der Waals surface area (Å²) in [5, 5.41) is 0. The Morgan fingerprint density at radius 2 is 2.10 bits per heavy atom. The molecule has 0 rings (SSSR count). The molecule has 0 aromatic rings. The Hall–Kier alpha value is -1.05. The summed E-state index contributed by atoms with van der Waals surface area (Å²) < 4.78 is 4.99. The molecule has 0 amide bonds. The summed E-state index contributed by atoms with van der Waals surface area (Å²) in [6.45, 7) is 10.9. The predicted molar refractivity (Wildman–Crippen MR) is 43.8 cm³/mol. The molecule has 0 aliphatic heterocycles. The van der Waals surface area contributed by atoms with Crippen LogP contribution in [-0.2, 0) is 4.74 Å². The van der Waals surface area contributed by atoms with Gasteiger partial charge in [-0.3, -0.25) is 0 Å². The molecule has 0 unspecified atom stereocenters. The van der Waals surface area contributed by atoms with E-state index >= 15 is 0 Å². The molecular weight excluding hydrogens is 126 g/mol. The van der Waals surface area contributed by atoms with Crippen LogP contribution >= 0.6 is 0 Å². The van der Waals surface area contributed by atoms with Gasteiger partial charge in [0.1, 0.15) is 0 Å². The molecular formula is C8H13NO. The third kappa shape index (κ3) is 3.07. The molecule has 0 saturated heterocycles. The van der Waals surface area contributed by atoms with Crippen LogP contribution in [-0.4, -0.2) is 5.90 Å². The molecule has 0 spiro atoms. The van der Waals surface area contributed by atoms with Crippen LogP contribution in [0.15, 0.2) is 30.6 Å². The van der Waals surface area contributed by atoms with Crippen molar-refractivity contribution >= 4 is 5.90 Å². The molecule has 0 bridgehead atoms. The minimum atomic E-state index is 0.274. The first-order valence-electron chi connectivity index (χ1n) is 3.18. The first kappa shape index (κ1) is 8.95. The van der Waals surface area contributed by atoms with Gasteiger partial charge in [-0.15, -0.1) is 0 Å². The number of nitrogens with zero attached hydrogens (tertiary/aromatic N) is 1. The maximum atomic E-state index is 4.99. The van der Waals surface area contributed by atoms with E-state index < -0.39 is 0 Å². The molecule has 0 fully saturated rings. The van der Waals surface area contributed by atoms with E-state index in [-0.39, 0.29) is 5.92 Å². The molecule has 2 nitrogen and oxygen atoms in total. The monoisotopic (exact) mass is 139 g/mol. The van der Waals surface area contributed by atoms with E-state index in [1.165, 1.54) is 12.5 Å². The zero-order chi connectivity index (χ0) is 7.98. The van der Waals surface area contributed by atoms with Crippen molar-refractivity contribution in [1.29, 1.82) is 0 Å². The molecule has 0 heterocycles. The van der Waals surface area contributed by atoms with E-state index in [0.717, 1.165) is 0 Å². The summed E-state index contributed by atoms with van der Waals surface area (Å²) in [6, 6.07) is 0. The molecule has 56 valence electrons. The van der Waals surface area contributed by atoms with Gasteiger partial charge in [-0.1, -0.05) is 27.0 Å². The number of hydrogen-bond acceptors (Lipinski definition) is 2. The minimum Gasteiger partial charge on any atom is -0.451 e. The van der Waals surface area contributed by atoms with Gasteiger partial charge in [0.25, 0.3) is 0 Å². The second-order valence-electron chi connectivity index (χ2n) is 2.09. The lowest BCUT2D eigenvalue weighted by Crippen LogP contribution is -2.07. The first-order valence-corrected chi connectivity index (χ1v) is 3.18. The number of ether oxygens (including phenoxy) is 1. The van der Waals surface area contributed by atoms with Crippen LogP contribution in [0.5, 0.6) is 0 Å². The van der Waals surface area contributed by atoms with Gasteiger partial charge >= 0.3 is 0 Å². The van der Waals surface area contributed by atoms with Gasteiger partial charge < -0.3 is 4.74 Å². The summed E-state index contributed by atoms with van der Waals surface area (Å²) in [5.74, 6) is 0.918. The Morgan fingerprint density at radius 3 is 2.40 bits per heavy atom. The molecule has 10 heavy (non-hydrogen) atoms. The predicted octanol–water partition coefficient (Wildman–Crippen LogP) is 2.34. The van der Waals surface area contributed by atoms with Crippen LogP contribution < -0.4 is 0 Å². The average molecular weight is 139 g/mol. The number of hydrogen-bond donors (Lipinski definition) is 0.